The molecule has 0 N–H and O–H groups in total. The molecule has 6 nitrogen and oxygen atoms in total. The molecule has 0 bridgehead atoms. The van der Waals surface area contributed by atoms with Crippen LogP contribution in [0.25, 0.3) is 20.4 Å². The highest BCUT2D eigenvalue weighted by molar-refractivity contribution is 7.17. The number of rotatable bonds is 0. The number of hydrogen-bond donors (Lipinski definition) is 0. The van der Waals surface area contributed by atoms with Crippen molar-refractivity contribution in [2.75, 3.05) is 0 Å². The lowest BCUT2D eigenvalue weighted by Crippen LogP contribution is -1.96. The number of aromatic nitrogens is 2. The fraction of sp³-hybridized carbons (Fsp3) is 0. The summed E-state index contributed by atoms with van der Waals surface area (Å²) in [6.07, 6.45) is 2.33. The van der Waals surface area contributed by atoms with Crippen molar-refractivity contribution in [2.24, 2.45) is 0 Å². The highest BCUT2D eigenvalue weighted by atomic mass is 32.1. The van der Waals surface area contributed by atoms with Crippen molar-refractivity contribution in [1.29, 1.82) is 0 Å². The number of hydrogen-bond acceptors (Lipinski definition) is 8. The molecular formula is C12H6N2O4S2. The first-order valence-corrected chi connectivity index (χ1v) is 7.13. The minimum Gasteiger partial charge on any atom is -0.411 e. The van der Waals surface area contributed by atoms with Gasteiger partial charge in [-0.1, -0.05) is 0 Å². The van der Waals surface area contributed by atoms with Crippen LogP contribution in [0.15, 0.2) is 54.1 Å². The third-order valence-electron chi connectivity index (χ3n) is 2.38. The van der Waals surface area contributed by atoms with Gasteiger partial charge in [0.25, 0.3) is 0 Å². The molecule has 0 unspecified atom stereocenters. The normalized spacial score (nSPS) is 10.4. The molecule has 0 aromatic carbocycles. The summed E-state index contributed by atoms with van der Waals surface area (Å²) in [4.78, 5) is 30.1. The summed E-state index contributed by atoms with van der Waals surface area (Å²) in [6.45, 7) is 0. The smallest absolute Gasteiger partial charge is 0.356 e. The average molecular weight is 306 g/mol. The summed E-state index contributed by atoms with van der Waals surface area (Å²) in [5.41, 5.74) is 0.0903. The molecule has 0 aliphatic rings. The zero-order valence-electron chi connectivity index (χ0n) is 9.81. The van der Waals surface area contributed by atoms with Gasteiger partial charge >= 0.3 is 11.3 Å². The van der Waals surface area contributed by atoms with E-state index in [0.717, 1.165) is 11.2 Å². The van der Waals surface area contributed by atoms with E-state index in [-0.39, 0.29) is 11.3 Å². The van der Waals surface area contributed by atoms with Gasteiger partial charge in [-0.3, -0.25) is 0 Å². The molecule has 20 heavy (non-hydrogen) atoms. The molecule has 0 spiro atoms. The van der Waals surface area contributed by atoms with E-state index < -0.39 is 0 Å². The van der Waals surface area contributed by atoms with Crippen LogP contribution in [0.3, 0.4) is 0 Å². The van der Waals surface area contributed by atoms with Crippen molar-refractivity contribution in [3.63, 3.8) is 0 Å². The second-order valence-electron chi connectivity index (χ2n) is 3.55. The van der Waals surface area contributed by atoms with Gasteiger partial charge in [0.2, 0.25) is 0 Å². The van der Waals surface area contributed by atoms with E-state index in [1.165, 1.54) is 29.1 Å². The predicted molar refractivity (Wildman–Crippen MR) is 76.3 cm³/mol. The Kier molecular flexibility index (Phi) is 3.40. The maximum atomic E-state index is 10.8. The summed E-state index contributed by atoms with van der Waals surface area (Å²) in [6, 6.07) is 3.50. The van der Waals surface area contributed by atoms with Gasteiger partial charge < -0.3 is 8.83 Å². The molecule has 100 valence electrons. The first kappa shape index (κ1) is 12.7. The summed E-state index contributed by atoms with van der Waals surface area (Å²) in [7, 11) is 0. The van der Waals surface area contributed by atoms with Crippen LogP contribution in [0.1, 0.15) is 0 Å². The predicted octanol–water partition coefficient (Wildman–Crippen LogP) is 2.50. The van der Waals surface area contributed by atoms with Crippen LogP contribution in [0.5, 0.6) is 0 Å². The molecule has 0 atom stereocenters. The zero-order chi connectivity index (χ0) is 13.9. The van der Waals surface area contributed by atoms with Crippen molar-refractivity contribution in [3.8, 4) is 0 Å². The minimum absolute atomic E-state index is 0.306. The van der Waals surface area contributed by atoms with Gasteiger partial charge in [0.1, 0.15) is 9.53 Å². The Morgan fingerprint density at radius 1 is 0.900 bits per heavy atom. The van der Waals surface area contributed by atoms with E-state index in [2.05, 4.69) is 18.8 Å². The summed E-state index contributed by atoms with van der Waals surface area (Å²) in [5, 5.41) is 4.19. The van der Waals surface area contributed by atoms with Crippen LogP contribution in [0, 0.1) is 0 Å². The van der Waals surface area contributed by atoms with Crippen molar-refractivity contribution in [2.45, 2.75) is 0 Å². The van der Waals surface area contributed by atoms with E-state index in [4.69, 9.17) is 0 Å². The summed E-state index contributed by atoms with van der Waals surface area (Å²) >= 11 is 2.78. The van der Waals surface area contributed by atoms with Crippen LogP contribution in [-0.4, -0.2) is 9.97 Å². The minimum atomic E-state index is -0.314. The first-order chi connectivity index (χ1) is 9.75. The molecule has 0 aliphatic carbocycles. The lowest BCUT2D eigenvalue weighted by molar-refractivity contribution is 0.501. The fourth-order valence-corrected chi connectivity index (χ4v) is 2.92. The quantitative estimate of drug-likeness (QED) is 0.496. The molecule has 0 saturated carbocycles. The zero-order valence-corrected chi connectivity index (χ0v) is 11.4. The standard InChI is InChI=1S/2C6H3NO2S/c8-6-5-4(1-2-10-5)7-3-9-6;8-6-4-1-2-10-5(4)7-3-9-6/h2*1-3H. The van der Waals surface area contributed by atoms with Gasteiger partial charge in [-0.05, 0) is 22.9 Å². The lowest BCUT2D eigenvalue weighted by atomic mass is 10.4. The molecule has 0 aliphatic heterocycles. The van der Waals surface area contributed by atoms with Gasteiger partial charge in [0.05, 0.1) is 10.9 Å². The average Bonchev–Trinajstić information content (AvgIpc) is 3.08. The molecule has 4 rings (SSSR count). The molecule has 4 aromatic heterocycles. The Morgan fingerprint density at radius 2 is 1.65 bits per heavy atom. The molecule has 4 aromatic rings. The maximum Gasteiger partial charge on any atom is 0.356 e. The van der Waals surface area contributed by atoms with E-state index in [0.29, 0.717) is 15.6 Å². The summed E-state index contributed by atoms with van der Waals surface area (Å²) < 4.78 is 9.67. The third kappa shape index (κ3) is 2.38. The fourth-order valence-electron chi connectivity index (χ4n) is 1.48. The second kappa shape index (κ2) is 5.35. The monoisotopic (exact) mass is 306 g/mol. The Hall–Kier alpha value is -2.32. The van der Waals surface area contributed by atoms with E-state index in [1.807, 2.05) is 10.8 Å². The lowest BCUT2D eigenvalue weighted by Gasteiger charge is -1.81. The molecule has 0 radical (unpaired) electrons. The number of thiophene rings is 2. The van der Waals surface area contributed by atoms with Gasteiger partial charge in [-0.2, -0.15) is 0 Å². The second-order valence-corrected chi connectivity index (χ2v) is 5.36. The molecule has 0 fully saturated rings. The largest absolute Gasteiger partial charge is 0.411 e. The van der Waals surface area contributed by atoms with Crippen molar-refractivity contribution in [1.82, 2.24) is 9.97 Å². The highest BCUT2D eigenvalue weighted by Crippen LogP contribution is 2.13. The Bertz CT molecular complexity index is 886. The molecule has 0 saturated heterocycles. The Balaban J connectivity index is 0.000000121. The van der Waals surface area contributed by atoms with Gasteiger partial charge in [0.15, 0.2) is 12.8 Å². The molecule has 8 heteroatoms. The van der Waals surface area contributed by atoms with Gasteiger partial charge in [0, 0.05) is 0 Å². The number of fused-ring (bicyclic) bond motifs is 2. The van der Waals surface area contributed by atoms with Crippen LogP contribution >= 0.6 is 22.7 Å². The van der Waals surface area contributed by atoms with Crippen LogP contribution < -0.4 is 11.3 Å². The molecular weight excluding hydrogens is 300 g/mol. The van der Waals surface area contributed by atoms with E-state index in [9.17, 15) is 9.59 Å². The van der Waals surface area contributed by atoms with Crippen molar-refractivity contribution < 1.29 is 8.83 Å². The van der Waals surface area contributed by atoms with Gasteiger partial charge in [-0.15, -0.1) is 22.7 Å². The van der Waals surface area contributed by atoms with Crippen LogP contribution in [-0.2, 0) is 0 Å². The first-order valence-electron chi connectivity index (χ1n) is 5.38. The highest BCUT2D eigenvalue weighted by Gasteiger charge is 1.99. The maximum absolute atomic E-state index is 10.8. The van der Waals surface area contributed by atoms with E-state index >= 15 is 0 Å². The Labute approximate surface area is 119 Å². The van der Waals surface area contributed by atoms with Crippen LogP contribution in [0.4, 0.5) is 0 Å². The topological polar surface area (TPSA) is 86.2 Å². The SMILES string of the molecule is O=c1ocnc2ccsc12.O=c1ocnc2sccc12. The van der Waals surface area contributed by atoms with Gasteiger partial charge in [-0.25, -0.2) is 19.6 Å². The van der Waals surface area contributed by atoms with Crippen LogP contribution in [0.2, 0.25) is 0 Å². The number of nitrogens with zero attached hydrogens (tertiary/aromatic N) is 2. The Morgan fingerprint density at radius 3 is 2.45 bits per heavy atom. The van der Waals surface area contributed by atoms with Crippen molar-refractivity contribution >= 4 is 43.1 Å². The summed E-state index contributed by atoms with van der Waals surface area (Å²) in [5.74, 6) is 0. The van der Waals surface area contributed by atoms with Crippen molar-refractivity contribution in [3.05, 3.63) is 56.5 Å². The van der Waals surface area contributed by atoms with E-state index in [1.54, 1.807) is 12.1 Å². The molecule has 4 heterocycles. The molecule has 0 amide bonds. The third-order valence-corrected chi connectivity index (χ3v) is 4.08.